The van der Waals surface area contributed by atoms with Gasteiger partial charge in [0.05, 0.1) is 40.7 Å². The van der Waals surface area contributed by atoms with Gasteiger partial charge in [-0.15, -0.1) is 0 Å². The largest absolute Gasteiger partial charge is 0.508 e. The van der Waals surface area contributed by atoms with Gasteiger partial charge in [0.2, 0.25) is 71.4 Å². The molecule has 1 aliphatic carbocycles. The third-order valence-corrected chi connectivity index (χ3v) is 20.3. The van der Waals surface area contributed by atoms with Crippen LogP contribution in [0.25, 0.3) is 68.6 Å². The predicted octanol–water partition coefficient (Wildman–Crippen LogP) is 21.4. The first-order valence-corrected chi connectivity index (χ1v) is 47.8. The molecule has 1 fully saturated rings. The van der Waals surface area contributed by atoms with Gasteiger partial charge in [-0.1, -0.05) is 134 Å². The summed E-state index contributed by atoms with van der Waals surface area (Å²) in [5, 5.41) is 48.1. The fraction of sp³-hybridized carbons (Fsp3) is 0.221. The highest BCUT2D eigenvalue weighted by Crippen LogP contribution is 2.34. The van der Waals surface area contributed by atoms with Crippen LogP contribution in [0.1, 0.15) is 107 Å². The number of pyridine rings is 6. The predicted molar refractivity (Wildman–Crippen MR) is 574 cm³/mol. The third-order valence-electron chi connectivity index (χ3n) is 20.1. The van der Waals surface area contributed by atoms with Gasteiger partial charge < -0.3 is 79.2 Å². The van der Waals surface area contributed by atoms with Gasteiger partial charge in [-0.2, -0.15) is 103 Å². The summed E-state index contributed by atoms with van der Waals surface area (Å²) in [4.78, 5) is 109. The number of aromatic hydroxyl groups is 1. The summed E-state index contributed by atoms with van der Waals surface area (Å²) in [7, 11) is 1.91. The van der Waals surface area contributed by atoms with Gasteiger partial charge in [-0.25, -0.2) is 9.97 Å². The van der Waals surface area contributed by atoms with Gasteiger partial charge >= 0.3 is 6.18 Å². The van der Waals surface area contributed by atoms with Crippen molar-refractivity contribution in [3.63, 3.8) is 0 Å². The van der Waals surface area contributed by atoms with E-state index < -0.39 is 11.7 Å². The lowest BCUT2D eigenvalue weighted by molar-refractivity contribution is -0.137. The van der Waals surface area contributed by atoms with Crippen LogP contribution in [-0.4, -0.2) is 171 Å². The minimum absolute atomic E-state index is 0.0686. The van der Waals surface area contributed by atoms with Crippen molar-refractivity contribution < 1.29 is 18.3 Å². The molecule has 18 aromatic rings. The number of nitrogens with one attached hydrogen (secondary N) is 12. The van der Waals surface area contributed by atoms with Crippen LogP contribution in [0.2, 0.25) is 5.02 Å². The van der Waals surface area contributed by atoms with Gasteiger partial charge in [-0.3, -0.25) is 24.9 Å². The number of phenolic OH excluding ortho intramolecular Hbond substituents is 1. The Morgan fingerprint density at radius 1 is 0.358 bits per heavy atom. The number of aromatic nitrogens is 26. The zero-order valence-corrected chi connectivity index (χ0v) is 83.8. The van der Waals surface area contributed by atoms with E-state index in [0.717, 1.165) is 76.7 Å². The number of anilines is 19. The zero-order valence-electron chi connectivity index (χ0n) is 83.0. The van der Waals surface area contributed by atoms with E-state index in [0.29, 0.717) is 140 Å². The first kappa shape index (κ1) is 105. The molecule has 0 bridgehead atoms. The van der Waals surface area contributed by atoms with Crippen LogP contribution in [0.3, 0.4) is 0 Å². The molecule has 44 heteroatoms. The highest BCUT2D eigenvalue weighted by Gasteiger charge is 2.32. The van der Waals surface area contributed by atoms with Crippen molar-refractivity contribution in [3.8, 4) is 74.3 Å². The zero-order chi connectivity index (χ0) is 104. The summed E-state index contributed by atoms with van der Waals surface area (Å²) in [5.41, 5.74) is 14.8. The van der Waals surface area contributed by atoms with Crippen LogP contribution in [0, 0.1) is 0 Å². The standard InChI is InChI=1S/C19H22N6.C18H17F3N6.C17H16ClN7.C17H19N7.C17H18N6O.C16H19N7/c1-4-14-11-8-12-16(21-14)17-23-18(20-13(2)3)25-19(24-17)22-15-9-6-5-7-10-15;1-11(2)23-16-25-15(12-6-4-3-5-7-12)26-17(27-16)24-14-8-13(9-22-10-14)18(19,20)21;18-11-8-13(10-19-9-11)22-17-24-15(14-6-1-2-7-20-14)23-16(25-17)21-12-4-3-5-12;1-11(2)20-16-22-15(12-4-3-5-13(18)10-12)23-17(24-16)21-14-6-8-19-9-7-14;1-11(2)19-16-21-15(12-4-3-5-14(24)10-12)22-17(23-16)20-13-6-8-18-9-7-13;1-11(2)18-15-20-14(12-7-5-4-6-8-12)21-16(22-15)19-13-9-23(3)10-17-13/h5-13H,4H2,1-3H3,(H2,20,22,23,24,25);3-11H,1-2H3,(H2,23,24,25,26,27);1-2,6-10,12H,3-5H2,(H2,21,22,23,24,25);3-11H,18H2,1-2H3,(H2,19,20,21,22,23,24);3-11,24H,1-2H3,(H2,18,19,20,21,22,23);4-11H,1-3H3,(H2,18,19,20,21,22). The van der Waals surface area contributed by atoms with E-state index in [1.54, 1.807) is 74.0 Å². The molecule has 19 rings (SSSR count). The van der Waals surface area contributed by atoms with Gasteiger partial charge in [0.15, 0.2) is 40.8 Å². The third kappa shape index (κ3) is 33.6. The maximum Gasteiger partial charge on any atom is 0.417 e. The van der Waals surface area contributed by atoms with Gasteiger partial charge in [0, 0.05) is 144 Å². The first-order chi connectivity index (χ1) is 71.5. The molecule has 0 spiro atoms. The Balaban J connectivity index is 0.000000140. The van der Waals surface area contributed by atoms with E-state index >= 15 is 0 Å². The number of nitrogen functional groups attached to an aromatic ring is 1. The Morgan fingerprint density at radius 3 is 1.18 bits per heavy atom. The molecular weight excluding hydrogens is 1900 g/mol. The number of alkyl halides is 3. The van der Waals surface area contributed by atoms with Crippen molar-refractivity contribution in [1.29, 1.82) is 0 Å². The summed E-state index contributed by atoms with van der Waals surface area (Å²) in [6.07, 6.45) is 17.2. The molecule has 0 saturated heterocycles. The molecule has 148 heavy (non-hydrogen) atoms. The Morgan fingerprint density at radius 2 is 0.743 bits per heavy atom. The van der Waals surface area contributed by atoms with E-state index in [9.17, 15) is 18.3 Å². The number of nitrogens with zero attached hydrogens (tertiary/aromatic N) is 26. The van der Waals surface area contributed by atoms with Crippen molar-refractivity contribution in [3.05, 3.63) is 297 Å². The summed E-state index contributed by atoms with van der Waals surface area (Å²) in [6, 6.07) is 66.0. The van der Waals surface area contributed by atoms with Crippen molar-refractivity contribution in [2.24, 2.45) is 7.05 Å². The van der Waals surface area contributed by atoms with Crippen LogP contribution in [0.5, 0.6) is 5.75 Å². The van der Waals surface area contributed by atoms with Gasteiger partial charge in [0.1, 0.15) is 17.1 Å². The SMILES string of the molecule is CC(C)Nc1nc(Nc2ccncc2)nc(-c2cccc(N)c2)n1.CC(C)Nc1nc(Nc2ccncc2)nc(-c2cccc(O)c2)n1.CC(C)Nc1nc(Nc2cn(C)cn2)nc(-c2ccccc2)n1.CC(C)Nc1nc(Nc2cncc(C(F)(F)F)c2)nc(-c2ccccc2)n1.CCc1cccc(-c2nc(Nc3ccccc3)nc(NC(C)C)n2)n1.Clc1cncc(Nc2nc(NC3CCC3)nc(-c3ccccn3)n2)c1. The summed E-state index contributed by atoms with van der Waals surface area (Å²) >= 11 is 5.99. The monoisotopic (exact) mass is 2010 g/mol. The number of imidazole rings is 1. The normalized spacial score (nSPS) is 11.4. The molecule has 0 radical (unpaired) electrons. The average molecular weight is 2020 g/mol. The van der Waals surface area contributed by atoms with E-state index in [4.69, 9.17) is 17.3 Å². The van der Waals surface area contributed by atoms with Crippen LogP contribution < -0.4 is 69.5 Å². The summed E-state index contributed by atoms with van der Waals surface area (Å²) in [6.45, 7) is 22.2. The van der Waals surface area contributed by atoms with Gasteiger partial charge in [0.25, 0.3) is 0 Å². The molecule has 0 atom stereocenters. The smallest absolute Gasteiger partial charge is 0.417 e. The van der Waals surface area contributed by atoms with E-state index in [2.05, 4.69) is 195 Å². The maximum absolute atomic E-state index is 12.9. The number of halogens is 4. The van der Waals surface area contributed by atoms with Crippen LogP contribution >= 0.6 is 11.6 Å². The number of phenols is 1. The highest BCUT2D eigenvalue weighted by molar-refractivity contribution is 6.30. The molecule has 756 valence electrons. The number of nitrogens with two attached hydrogens (primary N) is 1. The molecule has 1 saturated carbocycles. The maximum atomic E-state index is 12.9. The molecule has 1 aliphatic rings. The van der Waals surface area contributed by atoms with Crippen LogP contribution in [0.15, 0.2) is 281 Å². The van der Waals surface area contributed by atoms with Crippen LogP contribution in [-0.2, 0) is 19.6 Å². The molecule has 13 aromatic heterocycles. The lowest BCUT2D eigenvalue weighted by Crippen LogP contribution is -2.28. The number of para-hydroxylation sites is 1. The first-order valence-electron chi connectivity index (χ1n) is 47.4. The Hall–Kier alpha value is -18.5. The second kappa shape index (κ2) is 52.0. The van der Waals surface area contributed by atoms with Crippen molar-refractivity contribution in [1.82, 2.24) is 129 Å². The summed E-state index contributed by atoms with van der Waals surface area (Å²) in [5.74, 6) is 9.20. The van der Waals surface area contributed by atoms with Crippen molar-refractivity contribution in [2.75, 3.05) is 69.5 Å². The Labute approximate surface area is 857 Å². The second-order valence-corrected chi connectivity index (χ2v) is 34.9. The summed E-state index contributed by atoms with van der Waals surface area (Å²) < 4.78 is 40.5. The minimum Gasteiger partial charge on any atom is -0.508 e. The Kier molecular flexibility index (Phi) is 37.0. The second-order valence-electron chi connectivity index (χ2n) is 34.5. The lowest BCUT2D eigenvalue weighted by atomic mass is 9.93. The number of benzene rings is 5. The molecule has 0 unspecified atom stereocenters. The number of hydrogen-bond acceptors (Lipinski definition) is 39. The molecule has 0 aliphatic heterocycles. The lowest BCUT2D eigenvalue weighted by Gasteiger charge is -2.26. The van der Waals surface area contributed by atoms with Crippen LogP contribution in [0.4, 0.5) is 124 Å². The molecule has 0 amide bonds. The quantitative estimate of drug-likeness (QED) is 0.0179. The molecule has 15 N–H and O–H groups in total. The number of rotatable bonds is 31. The topological polar surface area (TPSA) is 518 Å². The molecule has 13 heterocycles. The number of hydrogen-bond donors (Lipinski definition) is 14. The Bertz CT molecular complexity index is 7120. The number of aryl methyl sites for hydroxylation is 2. The van der Waals surface area contributed by atoms with Crippen molar-refractivity contribution >= 4 is 123 Å². The molecule has 5 aromatic carbocycles. The minimum atomic E-state index is -4.48. The molecular formula is C104H111ClF3N39O. The fourth-order valence-corrected chi connectivity index (χ4v) is 13.5. The van der Waals surface area contributed by atoms with Gasteiger partial charge in [-0.05, 0) is 192 Å². The van der Waals surface area contributed by atoms with E-state index in [1.807, 2.05) is 269 Å². The van der Waals surface area contributed by atoms with E-state index in [-0.39, 0.29) is 47.6 Å². The molecule has 40 nitrogen and oxygen atoms in total. The van der Waals surface area contributed by atoms with Crippen molar-refractivity contribution in [2.45, 2.75) is 144 Å². The fourth-order valence-electron chi connectivity index (χ4n) is 13.3. The highest BCUT2D eigenvalue weighted by atomic mass is 35.5. The average Bonchev–Trinajstić information content (AvgIpc) is 1.36. The van der Waals surface area contributed by atoms with E-state index in [1.165, 1.54) is 12.6 Å².